The van der Waals surface area contributed by atoms with E-state index in [0.717, 1.165) is 41.6 Å². The van der Waals surface area contributed by atoms with Crippen molar-refractivity contribution in [2.45, 2.75) is 19.3 Å². The number of anilines is 1. The highest BCUT2D eigenvalue weighted by molar-refractivity contribution is 5.71. The number of hydrogen-bond acceptors (Lipinski definition) is 5. The van der Waals surface area contributed by atoms with Crippen molar-refractivity contribution in [2.75, 3.05) is 32.2 Å². The third kappa shape index (κ3) is 3.79. The van der Waals surface area contributed by atoms with Gasteiger partial charge in [0.1, 0.15) is 0 Å². The van der Waals surface area contributed by atoms with Crippen LogP contribution in [0.4, 0.5) is 5.95 Å². The fraction of sp³-hybridized carbons (Fsp3) is 0.304. The third-order valence-electron chi connectivity index (χ3n) is 5.10. The van der Waals surface area contributed by atoms with Gasteiger partial charge in [0, 0.05) is 24.2 Å². The standard InChI is InChI=1S/C23H25N3O2/c1-27-21-12-11-18(15-22(21)28-2)20-16-19(17-9-5-3-6-10-17)24-23(25-20)26-13-7-4-8-14-26/h3,5-6,9-12,15-16H,4,7-8,13-14H2,1-2H3. The van der Waals surface area contributed by atoms with Crippen LogP contribution in [0.5, 0.6) is 11.5 Å². The molecule has 3 aromatic rings. The zero-order valence-corrected chi connectivity index (χ0v) is 16.4. The van der Waals surface area contributed by atoms with Gasteiger partial charge in [-0.15, -0.1) is 0 Å². The molecule has 1 fully saturated rings. The summed E-state index contributed by atoms with van der Waals surface area (Å²) in [7, 11) is 3.29. The molecule has 0 bridgehead atoms. The number of ether oxygens (including phenoxy) is 2. The minimum atomic E-state index is 0.694. The Hall–Kier alpha value is -3.08. The highest BCUT2D eigenvalue weighted by atomic mass is 16.5. The fourth-order valence-corrected chi connectivity index (χ4v) is 3.57. The van der Waals surface area contributed by atoms with Gasteiger partial charge in [-0.25, -0.2) is 9.97 Å². The number of rotatable bonds is 5. The molecule has 0 radical (unpaired) electrons. The Morgan fingerprint density at radius 1 is 0.714 bits per heavy atom. The molecule has 2 heterocycles. The van der Waals surface area contributed by atoms with E-state index in [4.69, 9.17) is 19.4 Å². The summed E-state index contributed by atoms with van der Waals surface area (Å²) in [6.45, 7) is 2.01. The molecule has 0 atom stereocenters. The molecule has 1 aromatic heterocycles. The van der Waals surface area contributed by atoms with Crippen molar-refractivity contribution in [3.05, 3.63) is 54.6 Å². The Bertz CT molecular complexity index is 938. The van der Waals surface area contributed by atoms with E-state index in [0.29, 0.717) is 11.5 Å². The molecule has 28 heavy (non-hydrogen) atoms. The van der Waals surface area contributed by atoms with Crippen molar-refractivity contribution in [1.29, 1.82) is 0 Å². The summed E-state index contributed by atoms with van der Waals surface area (Å²) >= 11 is 0. The van der Waals surface area contributed by atoms with E-state index >= 15 is 0 Å². The van der Waals surface area contributed by atoms with Crippen molar-refractivity contribution in [3.63, 3.8) is 0 Å². The number of aromatic nitrogens is 2. The summed E-state index contributed by atoms with van der Waals surface area (Å²) in [5, 5.41) is 0. The molecule has 0 amide bonds. The zero-order chi connectivity index (χ0) is 19.3. The average Bonchev–Trinajstić information content (AvgIpc) is 2.79. The molecule has 0 N–H and O–H groups in total. The molecule has 0 aliphatic carbocycles. The molecule has 2 aromatic carbocycles. The fourth-order valence-electron chi connectivity index (χ4n) is 3.57. The van der Waals surface area contributed by atoms with Crippen molar-refractivity contribution in [1.82, 2.24) is 9.97 Å². The van der Waals surface area contributed by atoms with Gasteiger partial charge in [0.15, 0.2) is 11.5 Å². The lowest BCUT2D eigenvalue weighted by molar-refractivity contribution is 0.355. The van der Waals surface area contributed by atoms with Crippen molar-refractivity contribution in [3.8, 4) is 34.0 Å². The average molecular weight is 375 g/mol. The Kier molecular flexibility index (Phi) is 5.42. The van der Waals surface area contributed by atoms with Gasteiger partial charge in [0.05, 0.1) is 25.6 Å². The van der Waals surface area contributed by atoms with E-state index < -0.39 is 0 Å². The maximum absolute atomic E-state index is 5.48. The summed E-state index contributed by atoms with van der Waals surface area (Å²) in [5.41, 5.74) is 3.89. The predicted octanol–water partition coefficient (Wildman–Crippen LogP) is 4.82. The quantitative estimate of drug-likeness (QED) is 0.640. The number of hydrogen-bond donors (Lipinski definition) is 0. The first-order valence-electron chi connectivity index (χ1n) is 9.70. The van der Waals surface area contributed by atoms with Crippen LogP contribution in [0.3, 0.4) is 0 Å². The van der Waals surface area contributed by atoms with E-state index in [2.05, 4.69) is 17.0 Å². The minimum Gasteiger partial charge on any atom is -0.493 e. The van der Waals surface area contributed by atoms with Gasteiger partial charge in [-0.3, -0.25) is 0 Å². The van der Waals surface area contributed by atoms with E-state index in [1.54, 1.807) is 14.2 Å². The largest absolute Gasteiger partial charge is 0.493 e. The summed E-state index contributed by atoms with van der Waals surface area (Å²) in [5.74, 6) is 2.20. The number of piperidine rings is 1. The number of methoxy groups -OCH3 is 2. The van der Waals surface area contributed by atoms with E-state index in [-0.39, 0.29) is 0 Å². The summed E-state index contributed by atoms with van der Waals surface area (Å²) in [4.78, 5) is 12.1. The molecule has 1 saturated heterocycles. The first-order chi connectivity index (χ1) is 13.8. The SMILES string of the molecule is COc1ccc(-c2cc(-c3ccccc3)nc(N3CCCCC3)n2)cc1OC. The van der Waals surface area contributed by atoms with Gasteiger partial charge >= 0.3 is 0 Å². The lowest BCUT2D eigenvalue weighted by atomic mass is 10.1. The second-order valence-corrected chi connectivity index (χ2v) is 6.92. The zero-order valence-electron chi connectivity index (χ0n) is 16.4. The Morgan fingerprint density at radius 3 is 2.07 bits per heavy atom. The van der Waals surface area contributed by atoms with Gasteiger partial charge in [0.25, 0.3) is 0 Å². The molecule has 4 rings (SSSR count). The summed E-state index contributed by atoms with van der Waals surface area (Å²) < 4.78 is 10.9. The second kappa shape index (κ2) is 8.30. The van der Waals surface area contributed by atoms with Crippen molar-refractivity contribution < 1.29 is 9.47 Å². The first kappa shape index (κ1) is 18.3. The molecule has 5 nitrogen and oxygen atoms in total. The van der Waals surface area contributed by atoms with E-state index in [1.165, 1.54) is 19.3 Å². The van der Waals surface area contributed by atoms with Crippen molar-refractivity contribution >= 4 is 5.95 Å². The predicted molar refractivity (Wildman–Crippen MR) is 112 cm³/mol. The van der Waals surface area contributed by atoms with Gasteiger partial charge in [-0.2, -0.15) is 0 Å². The topological polar surface area (TPSA) is 47.5 Å². The van der Waals surface area contributed by atoms with Crippen LogP contribution in [-0.2, 0) is 0 Å². The Balaban J connectivity index is 1.82. The van der Waals surface area contributed by atoms with Crippen LogP contribution >= 0.6 is 0 Å². The van der Waals surface area contributed by atoms with E-state index in [9.17, 15) is 0 Å². The summed E-state index contributed by atoms with van der Waals surface area (Å²) in [6, 6.07) is 18.2. The number of benzene rings is 2. The smallest absolute Gasteiger partial charge is 0.226 e. The van der Waals surface area contributed by atoms with Crippen LogP contribution in [0.25, 0.3) is 22.5 Å². The minimum absolute atomic E-state index is 0.694. The van der Waals surface area contributed by atoms with Crippen LogP contribution in [0.15, 0.2) is 54.6 Å². The van der Waals surface area contributed by atoms with Crippen LogP contribution in [0, 0.1) is 0 Å². The van der Waals surface area contributed by atoms with Crippen LogP contribution in [-0.4, -0.2) is 37.3 Å². The maximum Gasteiger partial charge on any atom is 0.226 e. The molecule has 5 heteroatoms. The van der Waals surface area contributed by atoms with E-state index in [1.807, 2.05) is 42.5 Å². The molecule has 0 saturated carbocycles. The summed E-state index contributed by atoms with van der Waals surface area (Å²) in [6.07, 6.45) is 3.65. The molecule has 0 unspecified atom stereocenters. The van der Waals surface area contributed by atoms with Crippen LogP contribution in [0.1, 0.15) is 19.3 Å². The molecule has 0 spiro atoms. The molecule has 1 aliphatic heterocycles. The molecular weight excluding hydrogens is 350 g/mol. The number of nitrogens with zero attached hydrogens (tertiary/aromatic N) is 3. The van der Waals surface area contributed by atoms with Crippen LogP contribution < -0.4 is 14.4 Å². The molecule has 144 valence electrons. The highest BCUT2D eigenvalue weighted by Crippen LogP contribution is 2.33. The first-order valence-corrected chi connectivity index (χ1v) is 9.70. The lowest BCUT2D eigenvalue weighted by Crippen LogP contribution is -2.31. The van der Waals surface area contributed by atoms with Crippen LogP contribution in [0.2, 0.25) is 0 Å². The van der Waals surface area contributed by atoms with Gasteiger partial charge in [0.2, 0.25) is 5.95 Å². The highest BCUT2D eigenvalue weighted by Gasteiger charge is 2.17. The third-order valence-corrected chi connectivity index (χ3v) is 5.10. The van der Waals surface area contributed by atoms with Gasteiger partial charge in [-0.1, -0.05) is 30.3 Å². The van der Waals surface area contributed by atoms with Crippen molar-refractivity contribution in [2.24, 2.45) is 0 Å². The maximum atomic E-state index is 5.48. The Morgan fingerprint density at radius 2 is 1.39 bits per heavy atom. The van der Waals surface area contributed by atoms with Gasteiger partial charge < -0.3 is 14.4 Å². The second-order valence-electron chi connectivity index (χ2n) is 6.92. The molecule has 1 aliphatic rings. The Labute approximate surface area is 166 Å². The normalized spacial score (nSPS) is 14.0. The lowest BCUT2D eigenvalue weighted by Gasteiger charge is -2.27. The van der Waals surface area contributed by atoms with Gasteiger partial charge in [-0.05, 0) is 43.5 Å². The monoisotopic (exact) mass is 375 g/mol. The molecular formula is C23H25N3O2.